The van der Waals surface area contributed by atoms with Gasteiger partial charge in [0.25, 0.3) is 0 Å². The molecule has 0 spiro atoms. The fraction of sp³-hybridized carbons (Fsp3) is 0.286. The van der Waals surface area contributed by atoms with Crippen molar-refractivity contribution in [1.29, 1.82) is 0 Å². The molecule has 1 aromatic carbocycles. The van der Waals surface area contributed by atoms with Gasteiger partial charge in [-0.1, -0.05) is 12.1 Å². The van der Waals surface area contributed by atoms with Crippen LogP contribution in [0, 0.1) is 6.92 Å². The molecule has 0 saturated carbocycles. The summed E-state index contributed by atoms with van der Waals surface area (Å²) < 4.78 is 5.15. The number of hydrogen-bond donors (Lipinski definition) is 0. The van der Waals surface area contributed by atoms with Crippen molar-refractivity contribution in [3.05, 3.63) is 41.6 Å². The van der Waals surface area contributed by atoms with Gasteiger partial charge < -0.3 is 4.74 Å². The first-order valence-corrected chi connectivity index (χ1v) is 5.64. The summed E-state index contributed by atoms with van der Waals surface area (Å²) in [5.74, 6) is -0.301. The Morgan fingerprint density at radius 3 is 2.65 bits per heavy atom. The Labute approximate surface area is 100 Å². The minimum Gasteiger partial charge on any atom is -0.459 e. The number of aryl methyl sites for hydroxylation is 1. The molecule has 0 amide bonds. The molecule has 88 valence electrons. The normalized spacial score (nSPS) is 10.8. The van der Waals surface area contributed by atoms with Gasteiger partial charge in [0.2, 0.25) is 0 Å². The monoisotopic (exact) mass is 229 g/mol. The zero-order valence-corrected chi connectivity index (χ0v) is 10.2. The molecule has 1 heterocycles. The number of benzene rings is 1. The zero-order valence-electron chi connectivity index (χ0n) is 10.2. The zero-order chi connectivity index (χ0) is 12.4. The van der Waals surface area contributed by atoms with Crippen LogP contribution in [0.5, 0.6) is 0 Å². The molecule has 17 heavy (non-hydrogen) atoms. The Bertz CT molecular complexity index is 561. The van der Waals surface area contributed by atoms with Crippen LogP contribution in [-0.2, 0) is 4.74 Å². The van der Waals surface area contributed by atoms with E-state index in [9.17, 15) is 4.79 Å². The first-order valence-electron chi connectivity index (χ1n) is 5.64. The van der Waals surface area contributed by atoms with E-state index in [0.717, 1.165) is 16.6 Å². The van der Waals surface area contributed by atoms with E-state index in [4.69, 9.17) is 4.74 Å². The number of fused-ring (bicyclic) bond motifs is 1. The highest BCUT2D eigenvalue weighted by molar-refractivity contribution is 5.94. The van der Waals surface area contributed by atoms with Gasteiger partial charge >= 0.3 is 5.97 Å². The average molecular weight is 229 g/mol. The smallest absolute Gasteiger partial charge is 0.338 e. The van der Waals surface area contributed by atoms with Gasteiger partial charge in [-0.3, -0.25) is 4.98 Å². The van der Waals surface area contributed by atoms with Gasteiger partial charge in [-0.25, -0.2) is 4.79 Å². The molecule has 0 N–H and O–H groups in total. The Hall–Kier alpha value is -1.90. The number of esters is 1. The average Bonchev–Trinajstić information content (AvgIpc) is 2.27. The van der Waals surface area contributed by atoms with Gasteiger partial charge in [0.05, 0.1) is 17.2 Å². The Balaban J connectivity index is 2.40. The standard InChI is InChI=1S/C14H15NO2/c1-9(2)17-14(16)12-7-6-11-5-4-10(3)15-13(11)8-12/h4-9H,1-3H3. The third-order valence-electron chi connectivity index (χ3n) is 2.41. The molecule has 0 fully saturated rings. The topological polar surface area (TPSA) is 39.2 Å². The summed E-state index contributed by atoms with van der Waals surface area (Å²) in [4.78, 5) is 16.1. The van der Waals surface area contributed by atoms with Crippen molar-refractivity contribution in [2.45, 2.75) is 26.9 Å². The summed E-state index contributed by atoms with van der Waals surface area (Å²) in [6.45, 7) is 5.60. The van der Waals surface area contributed by atoms with Crippen LogP contribution in [0.1, 0.15) is 29.9 Å². The maximum absolute atomic E-state index is 11.7. The highest BCUT2D eigenvalue weighted by atomic mass is 16.5. The van der Waals surface area contributed by atoms with Crippen LogP contribution in [0.2, 0.25) is 0 Å². The summed E-state index contributed by atoms with van der Waals surface area (Å²) in [5, 5.41) is 1.02. The highest BCUT2D eigenvalue weighted by Crippen LogP contribution is 2.15. The number of carbonyl (C=O) groups is 1. The van der Waals surface area contributed by atoms with Crippen molar-refractivity contribution in [2.24, 2.45) is 0 Å². The molecular weight excluding hydrogens is 214 g/mol. The van der Waals surface area contributed by atoms with Crippen LogP contribution in [0.15, 0.2) is 30.3 Å². The molecule has 0 aliphatic carbocycles. The minimum atomic E-state index is -0.301. The molecule has 0 aliphatic rings. The molecule has 0 saturated heterocycles. The lowest BCUT2D eigenvalue weighted by Gasteiger charge is -2.08. The van der Waals surface area contributed by atoms with Crippen molar-refractivity contribution < 1.29 is 9.53 Å². The Kier molecular flexibility index (Phi) is 3.09. The van der Waals surface area contributed by atoms with E-state index >= 15 is 0 Å². The molecular formula is C14H15NO2. The lowest BCUT2D eigenvalue weighted by atomic mass is 10.1. The van der Waals surface area contributed by atoms with Crippen LogP contribution in [0.4, 0.5) is 0 Å². The van der Waals surface area contributed by atoms with Crippen molar-refractivity contribution in [3.8, 4) is 0 Å². The van der Waals surface area contributed by atoms with E-state index in [1.165, 1.54) is 0 Å². The van der Waals surface area contributed by atoms with E-state index in [0.29, 0.717) is 5.56 Å². The fourth-order valence-electron chi connectivity index (χ4n) is 1.63. The van der Waals surface area contributed by atoms with Gasteiger partial charge in [-0.2, -0.15) is 0 Å². The Morgan fingerprint density at radius 1 is 1.24 bits per heavy atom. The van der Waals surface area contributed by atoms with E-state index < -0.39 is 0 Å². The number of ether oxygens (including phenoxy) is 1. The first kappa shape index (κ1) is 11.6. The predicted molar refractivity (Wildman–Crippen MR) is 67.0 cm³/mol. The predicted octanol–water partition coefficient (Wildman–Crippen LogP) is 3.11. The molecule has 0 radical (unpaired) electrons. The molecule has 3 heteroatoms. The molecule has 0 atom stereocenters. The Morgan fingerprint density at radius 2 is 1.94 bits per heavy atom. The maximum atomic E-state index is 11.7. The van der Waals surface area contributed by atoms with E-state index in [1.807, 2.05) is 39.0 Å². The number of carbonyl (C=O) groups excluding carboxylic acids is 1. The van der Waals surface area contributed by atoms with Crippen molar-refractivity contribution in [3.63, 3.8) is 0 Å². The van der Waals surface area contributed by atoms with Crippen molar-refractivity contribution >= 4 is 16.9 Å². The second-order valence-corrected chi connectivity index (χ2v) is 4.31. The van der Waals surface area contributed by atoms with E-state index in [-0.39, 0.29) is 12.1 Å². The van der Waals surface area contributed by atoms with Crippen LogP contribution in [0.3, 0.4) is 0 Å². The number of nitrogens with zero attached hydrogens (tertiary/aromatic N) is 1. The number of pyridine rings is 1. The summed E-state index contributed by atoms with van der Waals surface area (Å²) >= 11 is 0. The molecule has 0 unspecified atom stereocenters. The molecule has 2 aromatic rings. The maximum Gasteiger partial charge on any atom is 0.338 e. The number of aromatic nitrogens is 1. The summed E-state index contributed by atoms with van der Waals surface area (Å²) in [6, 6.07) is 9.37. The third-order valence-corrected chi connectivity index (χ3v) is 2.41. The number of hydrogen-bond acceptors (Lipinski definition) is 3. The second-order valence-electron chi connectivity index (χ2n) is 4.31. The number of rotatable bonds is 2. The quantitative estimate of drug-likeness (QED) is 0.743. The minimum absolute atomic E-state index is 0.108. The molecule has 1 aromatic heterocycles. The third kappa shape index (κ3) is 2.61. The second kappa shape index (κ2) is 4.53. The van der Waals surface area contributed by atoms with Crippen LogP contribution in [0.25, 0.3) is 10.9 Å². The van der Waals surface area contributed by atoms with Gasteiger partial charge in [0.1, 0.15) is 0 Å². The summed E-state index contributed by atoms with van der Waals surface area (Å²) in [6.07, 6.45) is -0.108. The van der Waals surface area contributed by atoms with E-state index in [1.54, 1.807) is 12.1 Å². The van der Waals surface area contributed by atoms with E-state index in [2.05, 4.69) is 4.98 Å². The molecule has 2 rings (SSSR count). The van der Waals surface area contributed by atoms with Gasteiger partial charge in [-0.15, -0.1) is 0 Å². The lowest BCUT2D eigenvalue weighted by molar-refractivity contribution is 0.0378. The summed E-state index contributed by atoms with van der Waals surface area (Å²) in [5.41, 5.74) is 2.30. The van der Waals surface area contributed by atoms with Gasteiger partial charge in [-0.05, 0) is 39.0 Å². The van der Waals surface area contributed by atoms with Crippen molar-refractivity contribution in [2.75, 3.05) is 0 Å². The fourth-order valence-corrected chi connectivity index (χ4v) is 1.63. The SMILES string of the molecule is Cc1ccc2ccc(C(=O)OC(C)C)cc2n1. The molecule has 3 nitrogen and oxygen atoms in total. The highest BCUT2D eigenvalue weighted by Gasteiger charge is 2.09. The van der Waals surface area contributed by atoms with Gasteiger partial charge in [0.15, 0.2) is 0 Å². The summed E-state index contributed by atoms with van der Waals surface area (Å²) in [7, 11) is 0. The first-order chi connectivity index (χ1) is 8.06. The van der Waals surface area contributed by atoms with Crippen LogP contribution in [-0.4, -0.2) is 17.1 Å². The van der Waals surface area contributed by atoms with Crippen LogP contribution >= 0.6 is 0 Å². The largest absolute Gasteiger partial charge is 0.459 e. The van der Waals surface area contributed by atoms with Crippen LogP contribution < -0.4 is 0 Å². The van der Waals surface area contributed by atoms with Crippen molar-refractivity contribution in [1.82, 2.24) is 4.98 Å². The molecule has 0 bridgehead atoms. The molecule has 0 aliphatic heterocycles. The van der Waals surface area contributed by atoms with Gasteiger partial charge in [0, 0.05) is 11.1 Å². The lowest BCUT2D eigenvalue weighted by Crippen LogP contribution is -2.11.